The lowest BCUT2D eigenvalue weighted by atomic mass is 10.1. The van der Waals surface area contributed by atoms with Crippen molar-refractivity contribution < 1.29 is 10.2 Å². The minimum atomic E-state index is -1.76. The first-order valence-electron chi connectivity index (χ1n) is 8.84. The standard InChI is InChI=1S/C21H19N3O3/c1-14-7-10-22-13-16(14)4-2-15-3-5-17-18(12-15)23-19-6-8-21(26,27)9-11-24(19)20(17)25/h3,5,7,10,12-13,26-27H,6,8-9,11H2,1H3. The molecule has 1 aliphatic heterocycles. The maximum atomic E-state index is 12.8. The second-order valence-corrected chi connectivity index (χ2v) is 6.89. The van der Waals surface area contributed by atoms with E-state index in [0.29, 0.717) is 23.1 Å². The fourth-order valence-corrected chi connectivity index (χ4v) is 3.23. The summed E-state index contributed by atoms with van der Waals surface area (Å²) in [5.74, 6) is 5.02. The lowest BCUT2D eigenvalue weighted by Crippen LogP contribution is -2.29. The molecule has 6 nitrogen and oxygen atoms in total. The molecule has 0 amide bonds. The van der Waals surface area contributed by atoms with Gasteiger partial charge >= 0.3 is 0 Å². The average Bonchev–Trinajstić information content (AvgIpc) is 2.80. The molecule has 0 saturated carbocycles. The smallest absolute Gasteiger partial charge is 0.261 e. The van der Waals surface area contributed by atoms with Gasteiger partial charge < -0.3 is 10.2 Å². The van der Waals surface area contributed by atoms with Crippen molar-refractivity contribution in [3.8, 4) is 11.8 Å². The van der Waals surface area contributed by atoms with E-state index in [4.69, 9.17) is 0 Å². The predicted octanol–water partition coefficient (Wildman–Crippen LogP) is 1.52. The summed E-state index contributed by atoms with van der Waals surface area (Å²) in [5, 5.41) is 20.3. The van der Waals surface area contributed by atoms with Gasteiger partial charge in [0.1, 0.15) is 5.82 Å². The van der Waals surface area contributed by atoms with E-state index in [0.717, 1.165) is 16.7 Å². The highest BCUT2D eigenvalue weighted by Gasteiger charge is 2.28. The molecule has 3 aromatic rings. The van der Waals surface area contributed by atoms with Gasteiger partial charge in [-0.05, 0) is 36.8 Å². The SMILES string of the molecule is Cc1ccncc1C#Cc1ccc2c(=O)n3c(nc2c1)CCC(O)(O)CC3. The van der Waals surface area contributed by atoms with Crippen LogP contribution in [0.3, 0.4) is 0 Å². The molecule has 0 spiro atoms. The Morgan fingerprint density at radius 1 is 1.19 bits per heavy atom. The molecule has 0 saturated heterocycles. The summed E-state index contributed by atoms with van der Waals surface area (Å²) < 4.78 is 1.54. The van der Waals surface area contributed by atoms with Crippen LogP contribution in [0.15, 0.2) is 41.5 Å². The summed E-state index contributed by atoms with van der Waals surface area (Å²) in [7, 11) is 0. The molecular weight excluding hydrogens is 342 g/mol. The second kappa shape index (κ2) is 6.62. The number of fused-ring (bicyclic) bond motifs is 2. The highest BCUT2D eigenvalue weighted by Crippen LogP contribution is 2.21. The number of hydrogen-bond acceptors (Lipinski definition) is 5. The number of hydrogen-bond donors (Lipinski definition) is 2. The zero-order valence-corrected chi connectivity index (χ0v) is 14.9. The lowest BCUT2D eigenvalue weighted by molar-refractivity contribution is -0.169. The molecule has 0 atom stereocenters. The molecule has 0 bridgehead atoms. The number of rotatable bonds is 0. The van der Waals surface area contributed by atoms with Crippen LogP contribution in [-0.2, 0) is 13.0 Å². The van der Waals surface area contributed by atoms with E-state index in [1.54, 1.807) is 35.2 Å². The number of aromatic nitrogens is 3. The van der Waals surface area contributed by atoms with Crippen molar-refractivity contribution in [1.82, 2.24) is 14.5 Å². The Morgan fingerprint density at radius 3 is 2.85 bits per heavy atom. The Balaban J connectivity index is 1.76. The van der Waals surface area contributed by atoms with Crippen LogP contribution in [0, 0.1) is 18.8 Å². The van der Waals surface area contributed by atoms with E-state index in [-0.39, 0.29) is 24.9 Å². The summed E-state index contributed by atoms with van der Waals surface area (Å²) in [6, 6.07) is 7.24. The van der Waals surface area contributed by atoms with E-state index < -0.39 is 5.79 Å². The van der Waals surface area contributed by atoms with Crippen LogP contribution in [0.25, 0.3) is 10.9 Å². The molecule has 0 aliphatic carbocycles. The van der Waals surface area contributed by atoms with Crippen LogP contribution < -0.4 is 5.56 Å². The van der Waals surface area contributed by atoms with E-state index in [9.17, 15) is 15.0 Å². The van der Waals surface area contributed by atoms with Crippen LogP contribution in [0.1, 0.15) is 35.4 Å². The second-order valence-electron chi connectivity index (χ2n) is 6.89. The van der Waals surface area contributed by atoms with Crippen molar-refractivity contribution in [2.45, 2.75) is 38.5 Å². The van der Waals surface area contributed by atoms with Crippen molar-refractivity contribution >= 4 is 10.9 Å². The number of benzene rings is 1. The van der Waals surface area contributed by atoms with E-state index >= 15 is 0 Å². The fraction of sp³-hybridized carbons (Fsp3) is 0.286. The topological polar surface area (TPSA) is 88.2 Å². The minimum Gasteiger partial charge on any atom is -0.366 e. The molecule has 27 heavy (non-hydrogen) atoms. The summed E-state index contributed by atoms with van der Waals surface area (Å²) >= 11 is 0. The van der Waals surface area contributed by atoms with Gasteiger partial charge in [-0.2, -0.15) is 0 Å². The third-order valence-corrected chi connectivity index (χ3v) is 4.90. The van der Waals surface area contributed by atoms with Gasteiger partial charge in [-0.25, -0.2) is 4.98 Å². The van der Waals surface area contributed by atoms with Crippen molar-refractivity contribution in [1.29, 1.82) is 0 Å². The number of nitrogens with zero attached hydrogens (tertiary/aromatic N) is 3. The summed E-state index contributed by atoms with van der Waals surface area (Å²) in [6.07, 6.45) is 4.06. The van der Waals surface area contributed by atoms with Gasteiger partial charge in [-0.15, -0.1) is 0 Å². The maximum Gasteiger partial charge on any atom is 0.261 e. The molecule has 1 aromatic carbocycles. The zero-order valence-electron chi connectivity index (χ0n) is 14.9. The van der Waals surface area contributed by atoms with Crippen molar-refractivity contribution in [2.24, 2.45) is 0 Å². The zero-order chi connectivity index (χ0) is 19.0. The van der Waals surface area contributed by atoms with E-state index in [1.807, 2.05) is 13.0 Å². The van der Waals surface area contributed by atoms with Crippen molar-refractivity contribution in [3.05, 3.63) is 69.5 Å². The highest BCUT2D eigenvalue weighted by molar-refractivity contribution is 5.79. The summed E-state index contributed by atoms with van der Waals surface area (Å²) in [4.78, 5) is 21.5. The van der Waals surface area contributed by atoms with Crippen LogP contribution in [0.4, 0.5) is 0 Å². The molecule has 136 valence electrons. The Morgan fingerprint density at radius 2 is 2.04 bits per heavy atom. The summed E-state index contributed by atoms with van der Waals surface area (Å²) in [6.45, 7) is 2.22. The largest absolute Gasteiger partial charge is 0.366 e. The molecule has 3 heterocycles. The Hall–Kier alpha value is -3.01. The van der Waals surface area contributed by atoms with Gasteiger partial charge in [0.25, 0.3) is 5.56 Å². The molecule has 4 rings (SSSR count). The van der Waals surface area contributed by atoms with Crippen molar-refractivity contribution in [3.63, 3.8) is 0 Å². The first-order valence-corrected chi connectivity index (χ1v) is 8.84. The monoisotopic (exact) mass is 361 g/mol. The molecule has 6 heteroatoms. The number of pyridine rings is 1. The predicted molar refractivity (Wildman–Crippen MR) is 101 cm³/mol. The molecule has 0 radical (unpaired) electrons. The minimum absolute atomic E-state index is 0.112. The van der Waals surface area contributed by atoms with Crippen LogP contribution in [0.2, 0.25) is 0 Å². The quantitative estimate of drug-likeness (QED) is 0.468. The molecular formula is C21H19N3O3. The molecule has 0 unspecified atom stereocenters. The Bertz CT molecular complexity index is 1150. The normalized spacial score (nSPS) is 15.5. The van der Waals surface area contributed by atoms with Gasteiger partial charge in [0, 0.05) is 49.3 Å². The Labute approximate surface area is 156 Å². The molecule has 0 fully saturated rings. The molecule has 1 aliphatic rings. The molecule has 2 N–H and O–H groups in total. The third kappa shape index (κ3) is 3.47. The van der Waals surface area contributed by atoms with Crippen molar-refractivity contribution in [2.75, 3.05) is 0 Å². The fourth-order valence-electron chi connectivity index (χ4n) is 3.23. The first-order chi connectivity index (χ1) is 12.9. The van der Waals surface area contributed by atoms with E-state index in [2.05, 4.69) is 21.8 Å². The van der Waals surface area contributed by atoms with Crippen LogP contribution in [-0.4, -0.2) is 30.5 Å². The van der Waals surface area contributed by atoms with Gasteiger partial charge in [-0.1, -0.05) is 11.8 Å². The highest BCUT2D eigenvalue weighted by atomic mass is 16.5. The van der Waals surface area contributed by atoms with Gasteiger partial charge in [-0.3, -0.25) is 14.3 Å². The molecule has 2 aromatic heterocycles. The average molecular weight is 361 g/mol. The number of aliphatic hydroxyl groups is 2. The van der Waals surface area contributed by atoms with Gasteiger partial charge in [0.15, 0.2) is 5.79 Å². The van der Waals surface area contributed by atoms with Crippen LogP contribution >= 0.6 is 0 Å². The number of aryl methyl sites for hydroxylation is 2. The third-order valence-electron chi connectivity index (χ3n) is 4.90. The van der Waals surface area contributed by atoms with E-state index in [1.165, 1.54) is 0 Å². The first kappa shape index (κ1) is 17.4. The van der Waals surface area contributed by atoms with Crippen LogP contribution in [0.5, 0.6) is 0 Å². The summed E-state index contributed by atoms with van der Waals surface area (Å²) in [5.41, 5.74) is 3.08. The van der Waals surface area contributed by atoms with Gasteiger partial charge in [0.05, 0.1) is 10.9 Å². The maximum absolute atomic E-state index is 12.8. The van der Waals surface area contributed by atoms with Gasteiger partial charge in [0.2, 0.25) is 0 Å². The lowest BCUT2D eigenvalue weighted by Gasteiger charge is -2.17. The Kier molecular flexibility index (Phi) is 4.27.